The third-order valence-electron chi connectivity index (χ3n) is 4.53. The van der Waals surface area contributed by atoms with Crippen molar-refractivity contribution in [3.05, 3.63) is 41.2 Å². The molecule has 0 saturated heterocycles. The molecule has 1 aromatic heterocycles. The third-order valence-corrected chi connectivity index (χ3v) is 5.82. The Morgan fingerprint density at radius 3 is 2.75 bits per heavy atom. The van der Waals surface area contributed by atoms with Crippen LogP contribution < -0.4 is 11.5 Å². The van der Waals surface area contributed by atoms with Gasteiger partial charge in [-0.05, 0) is 37.1 Å². The first-order valence-corrected chi connectivity index (χ1v) is 9.19. The lowest BCUT2D eigenvalue weighted by atomic mass is 9.73. The van der Waals surface area contributed by atoms with E-state index in [1.165, 1.54) is 0 Å². The van der Waals surface area contributed by atoms with Crippen molar-refractivity contribution >= 4 is 29.3 Å². The molecule has 1 aliphatic carbocycles. The number of halogens is 1. The number of aromatic nitrogens is 2. The summed E-state index contributed by atoms with van der Waals surface area (Å²) in [6.45, 7) is 0.215. The van der Waals surface area contributed by atoms with E-state index in [4.69, 9.17) is 23.1 Å². The quantitative estimate of drug-likeness (QED) is 0.770. The van der Waals surface area contributed by atoms with Crippen LogP contribution in [0.2, 0.25) is 5.02 Å². The van der Waals surface area contributed by atoms with Gasteiger partial charge in [-0.15, -0.1) is 0 Å². The fraction of sp³-hybridized carbons (Fsp3) is 0.412. The number of nitrogen functional groups attached to an aromatic ring is 1. The molecule has 1 aromatic carbocycles. The second-order valence-electron chi connectivity index (χ2n) is 6.14. The number of nitrogens with two attached hydrogens (primary N) is 2. The highest BCUT2D eigenvalue weighted by Gasteiger charge is 2.40. The van der Waals surface area contributed by atoms with Crippen molar-refractivity contribution in [2.45, 2.75) is 47.0 Å². The number of rotatable bonds is 4. The molecule has 5 N–H and O–H groups in total. The van der Waals surface area contributed by atoms with E-state index in [0.29, 0.717) is 11.4 Å². The second-order valence-corrected chi connectivity index (χ2v) is 7.69. The van der Waals surface area contributed by atoms with Crippen molar-refractivity contribution in [1.29, 1.82) is 0 Å². The van der Waals surface area contributed by atoms with Crippen LogP contribution in [0.3, 0.4) is 0 Å². The van der Waals surface area contributed by atoms with Gasteiger partial charge in [0.05, 0.1) is 16.2 Å². The number of benzene rings is 1. The topological polar surface area (TPSA) is 98.0 Å². The van der Waals surface area contributed by atoms with Crippen LogP contribution in [0.25, 0.3) is 0 Å². The van der Waals surface area contributed by atoms with Gasteiger partial charge < -0.3 is 16.6 Å². The van der Waals surface area contributed by atoms with Crippen molar-refractivity contribution in [3.8, 4) is 0 Å². The van der Waals surface area contributed by atoms with E-state index in [1.807, 2.05) is 24.3 Å². The van der Waals surface area contributed by atoms with E-state index in [9.17, 15) is 5.11 Å². The normalized spacial score (nSPS) is 24.0. The number of anilines is 1. The first-order chi connectivity index (χ1) is 11.5. The van der Waals surface area contributed by atoms with Gasteiger partial charge in [-0.25, -0.2) is 9.97 Å². The Bertz CT molecular complexity index is 712. The fourth-order valence-electron chi connectivity index (χ4n) is 3.21. The zero-order valence-corrected chi connectivity index (χ0v) is 14.9. The van der Waals surface area contributed by atoms with Gasteiger partial charge in [-0.3, -0.25) is 0 Å². The van der Waals surface area contributed by atoms with E-state index >= 15 is 0 Å². The Balaban J connectivity index is 1.97. The average molecular weight is 365 g/mol. The van der Waals surface area contributed by atoms with Gasteiger partial charge in [0, 0.05) is 28.6 Å². The minimum absolute atomic E-state index is 0.128. The van der Waals surface area contributed by atoms with Crippen LogP contribution in [-0.2, 0) is 0 Å². The van der Waals surface area contributed by atoms with E-state index in [1.54, 1.807) is 18.0 Å². The molecule has 2 aromatic rings. The van der Waals surface area contributed by atoms with Crippen LogP contribution >= 0.6 is 23.4 Å². The van der Waals surface area contributed by atoms with E-state index in [0.717, 1.165) is 34.7 Å². The molecule has 1 aliphatic rings. The summed E-state index contributed by atoms with van der Waals surface area (Å²) in [5, 5.41) is 11.7. The predicted octanol–water partition coefficient (Wildman–Crippen LogP) is 3.21. The molecule has 0 spiro atoms. The second kappa shape index (κ2) is 7.27. The maximum Gasteiger partial charge on any atom is 0.220 e. The molecule has 128 valence electrons. The minimum atomic E-state index is -0.936. The lowest BCUT2D eigenvalue weighted by Crippen LogP contribution is -2.46. The predicted molar refractivity (Wildman–Crippen MR) is 97.2 cm³/mol. The minimum Gasteiger partial charge on any atom is -0.388 e. The Kier molecular flexibility index (Phi) is 5.30. The molecule has 1 saturated carbocycles. The zero-order chi connectivity index (χ0) is 17.2. The fourth-order valence-corrected chi connectivity index (χ4v) is 4.26. The van der Waals surface area contributed by atoms with Crippen molar-refractivity contribution in [1.82, 2.24) is 9.97 Å². The lowest BCUT2D eigenvalue weighted by Gasteiger charge is -2.39. The Labute approximate surface area is 150 Å². The average Bonchev–Trinajstić information content (AvgIpc) is 2.59. The molecular formula is C17H21ClN4OS. The Morgan fingerprint density at radius 1 is 1.29 bits per heavy atom. The molecule has 0 amide bonds. The first-order valence-electron chi connectivity index (χ1n) is 8.00. The molecule has 1 heterocycles. The van der Waals surface area contributed by atoms with E-state index in [2.05, 4.69) is 9.97 Å². The molecule has 0 bridgehead atoms. The standard InChI is InChI=1S/C17H21ClN4OS/c18-11-4-6-12(7-5-11)24-14-9-21-16(20)22-15(14)13-3-1-2-8-17(13,23)10-19/h4-7,9,13,23H,1-3,8,10,19H2,(H2,20,21,22). The summed E-state index contributed by atoms with van der Waals surface area (Å²) >= 11 is 7.49. The van der Waals surface area contributed by atoms with Crippen molar-refractivity contribution < 1.29 is 5.11 Å². The van der Waals surface area contributed by atoms with Crippen LogP contribution in [0.1, 0.15) is 37.3 Å². The van der Waals surface area contributed by atoms with Crippen molar-refractivity contribution in [2.24, 2.45) is 5.73 Å². The van der Waals surface area contributed by atoms with Crippen molar-refractivity contribution in [3.63, 3.8) is 0 Å². The first kappa shape index (κ1) is 17.5. The SMILES string of the molecule is NCC1(O)CCCCC1c1nc(N)ncc1Sc1ccc(Cl)cc1. The van der Waals surface area contributed by atoms with Gasteiger partial charge >= 0.3 is 0 Å². The van der Waals surface area contributed by atoms with Crippen LogP contribution in [0.4, 0.5) is 5.95 Å². The molecule has 1 fully saturated rings. The summed E-state index contributed by atoms with van der Waals surface area (Å²) in [4.78, 5) is 10.5. The van der Waals surface area contributed by atoms with Gasteiger partial charge in [-0.2, -0.15) is 0 Å². The van der Waals surface area contributed by atoms with Gasteiger partial charge in [-0.1, -0.05) is 36.2 Å². The highest BCUT2D eigenvalue weighted by Crippen LogP contribution is 2.44. The van der Waals surface area contributed by atoms with Crippen LogP contribution in [0, 0.1) is 0 Å². The van der Waals surface area contributed by atoms with Crippen molar-refractivity contribution in [2.75, 3.05) is 12.3 Å². The molecular weight excluding hydrogens is 344 g/mol. The third kappa shape index (κ3) is 3.67. The molecule has 0 radical (unpaired) electrons. The Hall–Kier alpha value is -1.34. The van der Waals surface area contributed by atoms with Crippen LogP contribution in [0.15, 0.2) is 40.3 Å². The molecule has 7 heteroatoms. The van der Waals surface area contributed by atoms with Crippen LogP contribution in [0.5, 0.6) is 0 Å². The summed E-state index contributed by atoms with van der Waals surface area (Å²) in [6, 6.07) is 7.59. The lowest BCUT2D eigenvalue weighted by molar-refractivity contribution is -0.0107. The smallest absolute Gasteiger partial charge is 0.220 e. The van der Waals surface area contributed by atoms with Gasteiger partial charge in [0.15, 0.2) is 0 Å². The summed E-state index contributed by atoms with van der Waals surface area (Å²) in [6.07, 6.45) is 5.27. The summed E-state index contributed by atoms with van der Waals surface area (Å²) in [5.41, 5.74) is 11.5. The number of hydrogen-bond acceptors (Lipinski definition) is 6. The van der Waals surface area contributed by atoms with Gasteiger partial charge in [0.1, 0.15) is 0 Å². The molecule has 24 heavy (non-hydrogen) atoms. The van der Waals surface area contributed by atoms with E-state index in [-0.39, 0.29) is 18.4 Å². The van der Waals surface area contributed by atoms with Gasteiger partial charge in [0.2, 0.25) is 5.95 Å². The summed E-state index contributed by atoms with van der Waals surface area (Å²) in [7, 11) is 0. The van der Waals surface area contributed by atoms with Gasteiger partial charge in [0.25, 0.3) is 0 Å². The van der Waals surface area contributed by atoms with E-state index < -0.39 is 5.60 Å². The molecule has 0 aliphatic heterocycles. The Morgan fingerprint density at radius 2 is 2.04 bits per heavy atom. The highest BCUT2D eigenvalue weighted by atomic mass is 35.5. The number of nitrogens with zero attached hydrogens (tertiary/aromatic N) is 2. The summed E-state index contributed by atoms with van der Waals surface area (Å²) in [5.74, 6) is 0.0896. The maximum absolute atomic E-state index is 11.0. The number of aliphatic hydroxyl groups is 1. The molecule has 2 atom stereocenters. The maximum atomic E-state index is 11.0. The number of hydrogen-bond donors (Lipinski definition) is 3. The molecule has 2 unspecified atom stereocenters. The summed E-state index contributed by atoms with van der Waals surface area (Å²) < 4.78 is 0. The molecule has 3 rings (SSSR count). The largest absolute Gasteiger partial charge is 0.388 e. The highest BCUT2D eigenvalue weighted by molar-refractivity contribution is 7.99. The monoisotopic (exact) mass is 364 g/mol. The zero-order valence-electron chi connectivity index (χ0n) is 13.3. The van der Waals surface area contributed by atoms with Crippen LogP contribution in [-0.4, -0.2) is 27.2 Å². The molecule has 5 nitrogen and oxygen atoms in total.